The number of hydrogen-bond acceptors (Lipinski definition) is 4. The Labute approximate surface area is 139 Å². The van der Waals surface area contributed by atoms with Crippen molar-refractivity contribution in [2.45, 2.75) is 6.92 Å². The Morgan fingerprint density at radius 3 is 2.21 bits per heavy atom. The van der Waals surface area contributed by atoms with Gasteiger partial charge in [-0.05, 0) is 37.3 Å². The van der Waals surface area contributed by atoms with E-state index in [2.05, 4.69) is 4.79 Å². The molecule has 0 atom stereocenters. The molecule has 0 N–H and O–H groups in total. The second kappa shape index (κ2) is 7.85. The van der Waals surface area contributed by atoms with Crippen molar-refractivity contribution in [2.75, 3.05) is 13.7 Å². The average Bonchev–Trinajstić information content (AvgIpc) is 2.62. The van der Waals surface area contributed by atoms with E-state index in [-0.39, 0.29) is 29.2 Å². The minimum Gasteiger partial charge on any atom is -0.497 e. The topological polar surface area (TPSA) is 89.0 Å². The second-order valence-corrected chi connectivity index (χ2v) is 4.77. The smallest absolute Gasteiger partial charge is 0.422 e. The molecule has 24 heavy (non-hydrogen) atoms. The summed E-state index contributed by atoms with van der Waals surface area (Å²) in [6, 6.07) is 13.0. The first-order valence-electron chi connectivity index (χ1n) is 7.29. The summed E-state index contributed by atoms with van der Waals surface area (Å²) in [5.74, 6) is -0.474. The molecule has 6 heteroatoms. The van der Waals surface area contributed by atoms with E-state index in [0.29, 0.717) is 11.3 Å². The number of ketones is 1. The van der Waals surface area contributed by atoms with Crippen LogP contribution in [0.4, 0.5) is 0 Å². The molecule has 2 rings (SSSR count). The molecule has 0 bridgehead atoms. The molecule has 0 aliphatic heterocycles. The van der Waals surface area contributed by atoms with E-state index in [1.54, 1.807) is 49.4 Å². The Morgan fingerprint density at radius 1 is 1.04 bits per heavy atom. The maximum Gasteiger partial charge on any atom is 0.422 e. The molecule has 2 aromatic rings. The minimum absolute atomic E-state index is 0.131. The standard InChI is InChI=1S/C18H16N2O4/c1-3-24-18(22)16(20-19)14-6-4-5-7-15(14)17(21)12-8-10-13(23-2)11-9-12/h4-11H,3H2,1-2H3. The van der Waals surface area contributed by atoms with E-state index in [1.807, 2.05) is 0 Å². The van der Waals surface area contributed by atoms with Crippen LogP contribution in [0.15, 0.2) is 48.5 Å². The van der Waals surface area contributed by atoms with E-state index < -0.39 is 5.97 Å². The molecule has 0 radical (unpaired) electrons. The van der Waals surface area contributed by atoms with Crippen molar-refractivity contribution in [2.24, 2.45) is 0 Å². The van der Waals surface area contributed by atoms with E-state index >= 15 is 0 Å². The van der Waals surface area contributed by atoms with Crippen LogP contribution in [-0.2, 0) is 9.53 Å². The highest BCUT2D eigenvalue weighted by molar-refractivity contribution is 6.42. The molecule has 2 aromatic carbocycles. The van der Waals surface area contributed by atoms with Crippen molar-refractivity contribution in [1.82, 2.24) is 0 Å². The number of esters is 1. The van der Waals surface area contributed by atoms with Crippen LogP contribution in [-0.4, -0.2) is 36.0 Å². The number of carbonyl (C=O) groups excluding carboxylic acids is 2. The van der Waals surface area contributed by atoms with Gasteiger partial charge >= 0.3 is 11.7 Å². The molecule has 0 spiro atoms. The van der Waals surface area contributed by atoms with Gasteiger partial charge in [-0.2, -0.15) is 4.79 Å². The van der Waals surface area contributed by atoms with E-state index in [1.165, 1.54) is 13.2 Å². The predicted molar refractivity (Wildman–Crippen MR) is 87.2 cm³/mol. The third-order valence-corrected chi connectivity index (χ3v) is 3.35. The largest absolute Gasteiger partial charge is 0.497 e. The average molecular weight is 324 g/mol. The number of hydrogen-bond donors (Lipinski definition) is 0. The minimum atomic E-state index is -0.796. The lowest BCUT2D eigenvalue weighted by atomic mass is 9.95. The zero-order valence-corrected chi connectivity index (χ0v) is 13.4. The van der Waals surface area contributed by atoms with Gasteiger partial charge in [-0.15, -0.1) is 0 Å². The number of benzene rings is 2. The Balaban J connectivity index is 2.45. The number of rotatable bonds is 6. The lowest BCUT2D eigenvalue weighted by molar-refractivity contribution is -0.139. The molecule has 0 heterocycles. The normalized spacial score (nSPS) is 9.75. The Morgan fingerprint density at radius 2 is 1.67 bits per heavy atom. The molecule has 0 amide bonds. The van der Waals surface area contributed by atoms with Crippen LogP contribution in [0, 0.1) is 0 Å². The fraction of sp³-hybridized carbons (Fsp3) is 0.167. The number of methoxy groups -OCH3 is 1. The van der Waals surface area contributed by atoms with Crippen molar-refractivity contribution < 1.29 is 23.9 Å². The summed E-state index contributed by atoms with van der Waals surface area (Å²) >= 11 is 0. The van der Waals surface area contributed by atoms with E-state index in [0.717, 1.165) is 0 Å². The van der Waals surface area contributed by atoms with Gasteiger partial charge in [-0.1, -0.05) is 18.2 Å². The SMILES string of the molecule is CCOC(=O)C(=[N+]=[N-])c1ccccc1C(=O)c1ccc(OC)cc1. The Kier molecular flexibility index (Phi) is 5.60. The van der Waals surface area contributed by atoms with Crippen LogP contribution in [0.5, 0.6) is 5.75 Å². The predicted octanol–water partition coefficient (Wildman–Crippen LogP) is 2.51. The van der Waals surface area contributed by atoms with Gasteiger partial charge in [0.15, 0.2) is 5.78 Å². The molecule has 6 nitrogen and oxygen atoms in total. The van der Waals surface area contributed by atoms with Crippen LogP contribution in [0.1, 0.15) is 28.4 Å². The van der Waals surface area contributed by atoms with Gasteiger partial charge in [-0.3, -0.25) is 4.79 Å². The summed E-state index contributed by atoms with van der Waals surface area (Å²) < 4.78 is 9.93. The van der Waals surface area contributed by atoms with Crippen molar-refractivity contribution in [3.63, 3.8) is 0 Å². The maximum absolute atomic E-state index is 12.7. The maximum atomic E-state index is 12.7. The zero-order chi connectivity index (χ0) is 17.5. The van der Waals surface area contributed by atoms with E-state index in [9.17, 15) is 15.1 Å². The van der Waals surface area contributed by atoms with Crippen LogP contribution in [0.3, 0.4) is 0 Å². The van der Waals surface area contributed by atoms with Gasteiger partial charge in [0.05, 0.1) is 19.3 Å². The first kappa shape index (κ1) is 17.1. The summed E-state index contributed by atoms with van der Waals surface area (Å²) in [5, 5.41) is 0. The number of ether oxygens (including phenoxy) is 2. The summed E-state index contributed by atoms with van der Waals surface area (Å²) in [6.07, 6.45) is 0. The molecule has 0 fully saturated rings. The van der Waals surface area contributed by atoms with Gasteiger partial charge in [0, 0.05) is 11.1 Å². The summed E-state index contributed by atoms with van der Waals surface area (Å²) in [7, 11) is 1.54. The molecule has 0 aliphatic rings. The summed E-state index contributed by atoms with van der Waals surface area (Å²) in [5.41, 5.74) is 9.74. The summed E-state index contributed by atoms with van der Waals surface area (Å²) in [6.45, 7) is 1.77. The monoisotopic (exact) mass is 324 g/mol. The molecular formula is C18H16N2O4. The fourth-order valence-electron chi connectivity index (χ4n) is 2.19. The van der Waals surface area contributed by atoms with Crippen LogP contribution < -0.4 is 4.74 Å². The fourth-order valence-corrected chi connectivity index (χ4v) is 2.19. The molecule has 0 aromatic heterocycles. The van der Waals surface area contributed by atoms with E-state index in [4.69, 9.17) is 9.47 Å². The number of carbonyl (C=O) groups is 2. The number of nitrogens with zero attached hydrogens (tertiary/aromatic N) is 2. The first-order chi connectivity index (χ1) is 11.6. The first-order valence-corrected chi connectivity index (χ1v) is 7.29. The van der Waals surface area contributed by atoms with Gasteiger partial charge < -0.3 is 15.0 Å². The van der Waals surface area contributed by atoms with Gasteiger partial charge in [-0.25, -0.2) is 4.79 Å². The van der Waals surface area contributed by atoms with Crippen molar-refractivity contribution in [3.05, 3.63) is 70.8 Å². The van der Waals surface area contributed by atoms with Crippen molar-refractivity contribution >= 4 is 17.5 Å². The lowest BCUT2D eigenvalue weighted by Gasteiger charge is -2.06. The second-order valence-electron chi connectivity index (χ2n) is 4.77. The lowest BCUT2D eigenvalue weighted by Crippen LogP contribution is -2.22. The highest BCUT2D eigenvalue weighted by atomic mass is 16.5. The van der Waals surface area contributed by atoms with Crippen LogP contribution in [0.2, 0.25) is 0 Å². The third-order valence-electron chi connectivity index (χ3n) is 3.35. The van der Waals surface area contributed by atoms with Gasteiger partial charge in [0.2, 0.25) is 0 Å². The molecule has 0 aliphatic carbocycles. The molecule has 0 unspecified atom stereocenters. The highest BCUT2D eigenvalue weighted by Gasteiger charge is 2.29. The van der Waals surface area contributed by atoms with Gasteiger partial charge in [0.1, 0.15) is 5.75 Å². The van der Waals surface area contributed by atoms with Gasteiger partial charge in [0.25, 0.3) is 0 Å². The van der Waals surface area contributed by atoms with Crippen LogP contribution in [0.25, 0.3) is 5.53 Å². The van der Waals surface area contributed by atoms with Crippen LogP contribution >= 0.6 is 0 Å². The summed E-state index contributed by atoms with van der Waals surface area (Å²) in [4.78, 5) is 27.7. The molecule has 0 saturated carbocycles. The Hall–Kier alpha value is -3.24. The van der Waals surface area contributed by atoms with Crippen molar-refractivity contribution in [1.29, 1.82) is 0 Å². The molecule has 122 valence electrons. The quantitative estimate of drug-likeness (QED) is 0.268. The molecular weight excluding hydrogens is 308 g/mol. The zero-order valence-electron chi connectivity index (χ0n) is 13.4. The Bertz CT molecular complexity index is 806. The highest BCUT2D eigenvalue weighted by Crippen LogP contribution is 2.18. The third kappa shape index (κ3) is 3.56. The molecule has 0 saturated heterocycles. The van der Waals surface area contributed by atoms with Crippen molar-refractivity contribution in [3.8, 4) is 5.75 Å².